The van der Waals surface area contributed by atoms with Crippen LogP contribution in [0.25, 0.3) is 11.0 Å². The third-order valence-electron chi connectivity index (χ3n) is 3.14. The topological polar surface area (TPSA) is 77.8 Å². The maximum absolute atomic E-state index is 12.3. The van der Waals surface area contributed by atoms with Crippen LogP contribution in [0.2, 0.25) is 0 Å². The fourth-order valence-corrected chi connectivity index (χ4v) is 2.19. The van der Waals surface area contributed by atoms with Crippen molar-refractivity contribution in [1.29, 1.82) is 0 Å². The molecule has 0 radical (unpaired) electrons. The Bertz CT molecular complexity index is 735. The van der Waals surface area contributed by atoms with Crippen molar-refractivity contribution < 1.29 is 18.7 Å². The molecule has 1 aromatic carbocycles. The molecule has 0 fully saturated rings. The maximum atomic E-state index is 12.3. The standard InChI is InChI=1S/C17H21NO5/c1-11(2)22-12-5-6-13-14(10-16(19)23-15(13)9-12)17(20)18-7-4-8-21-3/h5-6,9-11H,4,7-8H2,1-3H3,(H,18,20). The van der Waals surface area contributed by atoms with Crippen LogP contribution in [0.15, 0.2) is 33.5 Å². The average molecular weight is 319 g/mol. The van der Waals surface area contributed by atoms with Crippen molar-refractivity contribution in [2.75, 3.05) is 20.3 Å². The number of amides is 1. The lowest BCUT2D eigenvalue weighted by atomic mass is 10.1. The predicted molar refractivity (Wildman–Crippen MR) is 87.1 cm³/mol. The van der Waals surface area contributed by atoms with Crippen molar-refractivity contribution in [3.05, 3.63) is 40.2 Å². The highest BCUT2D eigenvalue weighted by molar-refractivity contribution is 6.05. The summed E-state index contributed by atoms with van der Waals surface area (Å²) in [5.74, 6) is 0.282. The molecule has 6 heteroatoms. The molecular weight excluding hydrogens is 298 g/mol. The second kappa shape index (κ2) is 7.78. The molecule has 6 nitrogen and oxygen atoms in total. The van der Waals surface area contributed by atoms with E-state index in [-0.39, 0.29) is 12.0 Å². The van der Waals surface area contributed by atoms with Gasteiger partial charge in [0, 0.05) is 37.8 Å². The Hall–Kier alpha value is -2.34. The van der Waals surface area contributed by atoms with Gasteiger partial charge in [-0.3, -0.25) is 4.79 Å². The smallest absolute Gasteiger partial charge is 0.337 e. The van der Waals surface area contributed by atoms with Crippen molar-refractivity contribution in [1.82, 2.24) is 5.32 Å². The van der Waals surface area contributed by atoms with Crippen molar-refractivity contribution in [3.63, 3.8) is 0 Å². The molecule has 1 N–H and O–H groups in total. The number of carbonyl (C=O) groups is 1. The number of ether oxygens (including phenoxy) is 2. The van der Waals surface area contributed by atoms with Gasteiger partial charge in [0.15, 0.2) is 0 Å². The molecule has 2 rings (SSSR count). The number of carbonyl (C=O) groups excluding carboxylic acids is 1. The molecule has 0 bridgehead atoms. The van der Waals surface area contributed by atoms with Gasteiger partial charge in [0.05, 0.1) is 11.7 Å². The average Bonchev–Trinajstić information content (AvgIpc) is 2.49. The largest absolute Gasteiger partial charge is 0.491 e. The van der Waals surface area contributed by atoms with Gasteiger partial charge in [-0.15, -0.1) is 0 Å². The van der Waals surface area contributed by atoms with Crippen LogP contribution in [-0.4, -0.2) is 32.3 Å². The first-order valence-corrected chi connectivity index (χ1v) is 7.53. The fraction of sp³-hybridized carbons (Fsp3) is 0.412. The lowest BCUT2D eigenvalue weighted by Crippen LogP contribution is -2.26. The van der Waals surface area contributed by atoms with Crippen molar-refractivity contribution in [3.8, 4) is 5.75 Å². The Kier molecular flexibility index (Phi) is 5.76. The number of hydrogen-bond donors (Lipinski definition) is 1. The SMILES string of the molecule is COCCCNC(=O)c1cc(=O)oc2cc(OC(C)C)ccc12. The highest BCUT2D eigenvalue weighted by Crippen LogP contribution is 2.23. The summed E-state index contributed by atoms with van der Waals surface area (Å²) < 4.78 is 15.7. The van der Waals surface area contributed by atoms with E-state index >= 15 is 0 Å². The molecule has 124 valence electrons. The van der Waals surface area contributed by atoms with E-state index in [1.165, 1.54) is 6.07 Å². The Labute approximate surface area is 134 Å². The second-order valence-electron chi connectivity index (χ2n) is 5.41. The van der Waals surface area contributed by atoms with Crippen LogP contribution < -0.4 is 15.7 Å². The third kappa shape index (κ3) is 4.56. The van der Waals surface area contributed by atoms with Gasteiger partial charge in [-0.1, -0.05) is 0 Å². The zero-order valence-corrected chi connectivity index (χ0v) is 13.5. The minimum Gasteiger partial charge on any atom is -0.491 e. The molecular formula is C17H21NO5. The summed E-state index contributed by atoms with van der Waals surface area (Å²) in [6.45, 7) is 4.85. The molecule has 0 saturated heterocycles. The van der Waals surface area contributed by atoms with E-state index in [1.807, 2.05) is 13.8 Å². The Balaban J connectivity index is 2.29. The summed E-state index contributed by atoms with van der Waals surface area (Å²) in [4.78, 5) is 24.0. The third-order valence-corrected chi connectivity index (χ3v) is 3.14. The lowest BCUT2D eigenvalue weighted by Gasteiger charge is -2.11. The highest BCUT2D eigenvalue weighted by atomic mass is 16.5. The van der Waals surface area contributed by atoms with E-state index < -0.39 is 5.63 Å². The number of nitrogens with one attached hydrogen (secondary N) is 1. The molecule has 0 spiro atoms. The summed E-state index contributed by atoms with van der Waals surface area (Å²) in [6, 6.07) is 6.31. The van der Waals surface area contributed by atoms with Crippen LogP contribution in [0.3, 0.4) is 0 Å². The summed E-state index contributed by atoms with van der Waals surface area (Å²) >= 11 is 0. The molecule has 23 heavy (non-hydrogen) atoms. The van der Waals surface area contributed by atoms with E-state index in [1.54, 1.807) is 25.3 Å². The van der Waals surface area contributed by atoms with Gasteiger partial charge < -0.3 is 19.2 Å². The van der Waals surface area contributed by atoms with Crippen LogP contribution in [0, 0.1) is 0 Å². The summed E-state index contributed by atoms with van der Waals surface area (Å²) in [5, 5.41) is 3.34. The van der Waals surface area contributed by atoms with E-state index in [9.17, 15) is 9.59 Å². The zero-order valence-electron chi connectivity index (χ0n) is 13.5. The fourth-order valence-electron chi connectivity index (χ4n) is 2.19. The minimum atomic E-state index is -0.568. The summed E-state index contributed by atoms with van der Waals surface area (Å²) in [7, 11) is 1.61. The van der Waals surface area contributed by atoms with Crippen molar-refractivity contribution >= 4 is 16.9 Å². The quantitative estimate of drug-likeness (QED) is 0.626. The van der Waals surface area contributed by atoms with Crippen LogP contribution in [0.5, 0.6) is 5.75 Å². The molecule has 0 aliphatic heterocycles. The molecule has 2 aromatic rings. The van der Waals surface area contributed by atoms with Gasteiger partial charge >= 0.3 is 5.63 Å². The molecule has 1 heterocycles. The normalized spacial score (nSPS) is 11.0. The van der Waals surface area contributed by atoms with E-state index in [4.69, 9.17) is 13.9 Å². The summed E-state index contributed by atoms with van der Waals surface area (Å²) in [5.41, 5.74) is 0.0590. The van der Waals surface area contributed by atoms with Crippen LogP contribution in [0.1, 0.15) is 30.6 Å². The maximum Gasteiger partial charge on any atom is 0.337 e. The zero-order chi connectivity index (χ0) is 16.8. The van der Waals surface area contributed by atoms with E-state index in [0.717, 1.165) is 0 Å². The molecule has 0 unspecified atom stereocenters. The molecule has 0 atom stereocenters. The first-order valence-electron chi connectivity index (χ1n) is 7.53. The number of rotatable bonds is 7. The molecule has 0 aliphatic rings. The van der Waals surface area contributed by atoms with Gasteiger partial charge in [-0.2, -0.15) is 0 Å². The van der Waals surface area contributed by atoms with Crippen molar-refractivity contribution in [2.24, 2.45) is 0 Å². The first kappa shape index (κ1) is 17.0. The lowest BCUT2D eigenvalue weighted by molar-refractivity contribution is 0.0949. The monoisotopic (exact) mass is 319 g/mol. The Morgan fingerprint density at radius 2 is 2.09 bits per heavy atom. The van der Waals surface area contributed by atoms with Gasteiger partial charge in [-0.25, -0.2) is 4.79 Å². The van der Waals surface area contributed by atoms with Crippen LogP contribution >= 0.6 is 0 Å². The van der Waals surface area contributed by atoms with Crippen molar-refractivity contribution in [2.45, 2.75) is 26.4 Å². The van der Waals surface area contributed by atoms with Gasteiger partial charge in [0.25, 0.3) is 5.91 Å². The van der Waals surface area contributed by atoms with Crippen LogP contribution in [0.4, 0.5) is 0 Å². The molecule has 1 aromatic heterocycles. The molecule has 1 amide bonds. The summed E-state index contributed by atoms with van der Waals surface area (Å²) in [6.07, 6.45) is 0.708. The highest BCUT2D eigenvalue weighted by Gasteiger charge is 2.13. The number of fused-ring (bicyclic) bond motifs is 1. The van der Waals surface area contributed by atoms with E-state index in [2.05, 4.69) is 5.32 Å². The van der Waals surface area contributed by atoms with E-state index in [0.29, 0.717) is 41.9 Å². The predicted octanol–water partition coefficient (Wildman–Crippen LogP) is 2.35. The minimum absolute atomic E-state index is 0.00596. The Morgan fingerprint density at radius 1 is 1.30 bits per heavy atom. The van der Waals surface area contributed by atoms with Gasteiger partial charge in [0.2, 0.25) is 0 Å². The first-order chi connectivity index (χ1) is 11.0. The van der Waals surface area contributed by atoms with Gasteiger partial charge in [0.1, 0.15) is 11.3 Å². The number of methoxy groups -OCH3 is 1. The number of benzene rings is 1. The van der Waals surface area contributed by atoms with Gasteiger partial charge in [-0.05, 0) is 32.4 Å². The second-order valence-corrected chi connectivity index (χ2v) is 5.41. The Morgan fingerprint density at radius 3 is 2.78 bits per heavy atom. The molecule has 0 aliphatic carbocycles. The number of hydrogen-bond acceptors (Lipinski definition) is 5. The van der Waals surface area contributed by atoms with Crippen LogP contribution in [-0.2, 0) is 4.74 Å². The molecule has 0 saturated carbocycles.